The lowest BCUT2D eigenvalue weighted by molar-refractivity contribution is 0.0601. The summed E-state index contributed by atoms with van der Waals surface area (Å²) < 4.78 is 4.86. The number of nitrogens with two attached hydrogens (primary N) is 1. The molecule has 0 saturated carbocycles. The number of rotatable bonds is 3. The normalized spacial score (nSPS) is 19.6. The highest BCUT2D eigenvalue weighted by Gasteiger charge is 2.24. The van der Waals surface area contributed by atoms with E-state index in [9.17, 15) is 4.79 Å². The van der Waals surface area contributed by atoms with Gasteiger partial charge in [0.25, 0.3) is 0 Å². The predicted molar refractivity (Wildman–Crippen MR) is 81.1 cm³/mol. The van der Waals surface area contributed by atoms with Gasteiger partial charge in [-0.15, -0.1) is 0 Å². The van der Waals surface area contributed by atoms with E-state index in [2.05, 4.69) is 16.8 Å². The average Bonchev–Trinajstić information content (AvgIpc) is 2.45. The SMILES string of the molecule is COC(=O)c1cc(N)ccc1N(C)C1CCCN(C)C1. The van der Waals surface area contributed by atoms with Gasteiger partial charge >= 0.3 is 5.97 Å². The van der Waals surface area contributed by atoms with Crippen LogP contribution in [0.25, 0.3) is 0 Å². The Morgan fingerprint density at radius 1 is 1.50 bits per heavy atom. The Kier molecular flexibility index (Phi) is 4.49. The van der Waals surface area contributed by atoms with Gasteiger partial charge in [-0.2, -0.15) is 0 Å². The number of esters is 1. The molecule has 0 amide bonds. The van der Waals surface area contributed by atoms with Crippen LogP contribution in [0, 0.1) is 0 Å². The first kappa shape index (κ1) is 14.7. The predicted octanol–water partition coefficient (Wildman–Crippen LogP) is 1.59. The second-order valence-corrected chi connectivity index (χ2v) is 5.44. The van der Waals surface area contributed by atoms with E-state index in [1.807, 2.05) is 19.2 Å². The second kappa shape index (κ2) is 6.13. The van der Waals surface area contributed by atoms with Crippen LogP contribution in [0.1, 0.15) is 23.2 Å². The first-order valence-electron chi connectivity index (χ1n) is 6.92. The van der Waals surface area contributed by atoms with Crippen molar-refractivity contribution in [1.82, 2.24) is 4.90 Å². The number of methoxy groups -OCH3 is 1. The smallest absolute Gasteiger partial charge is 0.340 e. The second-order valence-electron chi connectivity index (χ2n) is 5.44. The van der Waals surface area contributed by atoms with E-state index in [0.717, 1.165) is 25.2 Å². The largest absolute Gasteiger partial charge is 0.465 e. The summed E-state index contributed by atoms with van der Waals surface area (Å²) in [6.07, 6.45) is 2.31. The molecule has 0 spiro atoms. The van der Waals surface area contributed by atoms with Gasteiger partial charge < -0.3 is 20.3 Å². The van der Waals surface area contributed by atoms with Gasteiger partial charge in [0.15, 0.2) is 0 Å². The van der Waals surface area contributed by atoms with Gasteiger partial charge in [-0.25, -0.2) is 4.79 Å². The Hall–Kier alpha value is -1.75. The Morgan fingerprint density at radius 2 is 2.25 bits per heavy atom. The van der Waals surface area contributed by atoms with Gasteiger partial charge in [0.05, 0.1) is 18.4 Å². The van der Waals surface area contributed by atoms with Crippen molar-refractivity contribution in [3.8, 4) is 0 Å². The monoisotopic (exact) mass is 277 g/mol. The molecule has 20 heavy (non-hydrogen) atoms. The molecule has 1 fully saturated rings. The number of carbonyl (C=O) groups is 1. The maximum absolute atomic E-state index is 11.9. The van der Waals surface area contributed by atoms with Crippen molar-refractivity contribution in [1.29, 1.82) is 0 Å². The lowest BCUT2D eigenvalue weighted by Crippen LogP contribution is -2.45. The number of ether oxygens (including phenoxy) is 1. The van der Waals surface area contributed by atoms with Gasteiger partial charge in [0.2, 0.25) is 0 Å². The molecule has 1 aliphatic rings. The summed E-state index contributed by atoms with van der Waals surface area (Å²) in [6, 6.07) is 5.81. The Bertz CT molecular complexity index is 490. The Balaban J connectivity index is 2.28. The lowest BCUT2D eigenvalue weighted by Gasteiger charge is -2.37. The third-order valence-corrected chi connectivity index (χ3v) is 3.95. The van der Waals surface area contributed by atoms with E-state index in [1.165, 1.54) is 13.5 Å². The average molecular weight is 277 g/mol. The molecule has 2 N–H and O–H groups in total. The lowest BCUT2D eigenvalue weighted by atomic mass is 10.0. The zero-order valence-electron chi connectivity index (χ0n) is 12.4. The molecule has 5 nitrogen and oxygen atoms in total. The minimum atomic E-state index is -0.344. The minimum Gasteiger partial charge on any atom is -0.465 e. The molecule has 1 saturated heterocycles. The minimum absolute atomic E-state index is 0.344. The number of hydrogen-bond donors (Lipinski definition) is 1. The fraction of sp³-hybridized carbons (Fsp3) is 0.533. The molecule has 2 rings (SSSR count). The zero-order chi connectivity index (χ0) is 14.7. The van der Waals surface area contributed by atoms with Gasteiger partial charge in [-0.3, -0.25) is 0 Å². The van der Waals surface area contributed by atoms with E-state index < -0.39 is 0 Å². The summed E-state index contributed by atoms with van der Waals surface area (Å²) in [4.78, 5) is 16.4. The topological polar surface area (TPSA) is 58.8 Å². The van der Waals surface area contributed by atoms with Crippen LogP contribution in [-0.4, -0.2) is 51.2 Å². The third kappa shape index (κ3) is 3.04. The molecule has 1 unspecified atom stereocenters. The Labute approximate surface area is 120 Å². The van der Waals surface area contributed by atoms with Crippen LogP contribution >= 0.6 is 0 Å². The van der Waals surface area contributed by atoms with Gasteiger partial charge in [0, 0.05) is 25.3 Å². The quantitative estimate of drug-likeness (QED) is 0.671. The summed E-state index contributed by atoms with van der Waals surface area (Å²) in [5.74, 6) is -0.344. The number of nitrogen functional groups attached to an aromatic ring is 1. The molecule has 1 aromatic carbocycles. The van der Waals surface area contributed by atoms with E-state index in [4.69, 9.17) is 10.5 Å². The molecule has 5 heteroatoms. The van der Waals surface area contributed by atoms with Crippen LogP contribution in [0.3, 0.4) is 0 Å². The number of anilines is 2. The number of hydrogen-bond acceptors (Lipinski definition) is 5. The zero-order valence-corrected chi connectivity index (χ0v) is 12.4. The molecular weight excluding hydrogens is 254 g/mol. The van der Waals surface area contributed by atoms with Gasteiger partial charge in [-0.1, -0.05) is 0 Å². The van der Waals surface area contributed by atoms with Gasteiger partial charge in [0.1, 0.15) is 0 Å². The summed E-state index contributed by atoms with van der Waals surface area (Å²) >= 11 is 0. The molecular formula is C15H23N3O2. The third-order valence-electron chi connectivity index (χ3n) is 3.95. The molecule has 110 valence electrons. The molecule has 1 aromatic rings. The van der Waals surface area contributed by atoms with Crippen molar-refractivity contribution in [2.75, 3.05) is 44.9 Å². The highest BCUT2D eigenvalue weighted by atomic mass is 16.5. The summed E-state index contributed by atoms with van der Waals surface area (Å²) in [5, 5.41) is 0. The molecule has 0 radical (unpaired) electrons. The number of nitrogens with zero attached hydrogens (tertiary/aromatic N) is 2. The van der Waals surface area contributed by atoms with Crippen molar-refractivity contribution in [2.24, 2.45) is 0 Å². The molecule has 1 aliphatic heterocycles. The highest BCUT2D eigenvalue weighted by Crippen LogP contribution is 2.27. The number of piperidine rings is 1. The van der Waals surface area contributed by atoms with Crippen molar-refractivity contribution in [3.63, 3.8) is 0 Å². The van der Waals surface area contributed by atoms with Crippen LogP contribution in [-0.2, 0) is 4.74 Å². The molecule has 1 heterocycles. The first-order valence-corrected chi connectivity index (χ1v) is 6.92. The summed E-state index contributed by atoms with van der Waals surface area (Å²) in [7, 11) is 5.55. The van der Waals surface area contributed by atoms with E-state index >= 15 is 0 Å². The standard InChI is InChI=1S/C15H23N3O2/c1-17-8-4-5-12(10-17)18(2)14-7-6-11(16)9-13(14)15(19)20-3/h6-7,9,12H,4-5,8,10,16H2,1-3H3. The van der Waals surface area contributed by atoms with Crippen LogP contribution in [0.4, 0.5) is 11.4 Å². The number of likely N-dealkylation sites (tertiary alicyclic amines) is 1. The number of carbonyl (C=O) groups excluding carboxylic acids is 1. The van der Waals surface area contributed by atoms with E-state index in [0.29, 0.717) is 17.3 Å². The fourth-order valence-corrected chi connectivity index (χ4v) is 2.79. The van der Waals surface area contributed by atoms with Crippen molar-refractivity contribution in [2.45, 2.75) is 18.9 Å². The van der Waals surface area contributed by atoms with Crippen LogP contribution in [0.5, 0.6) is 0 Å². The van der Waals surface area contributed by atoms with Crippen molar-refractivity contribution >= 4 is 17.3 Å². The van der Waals surface area contributed by atoms with E-state index in [-0.39, 0.29) is 5.97 Å². The molecule has 0 aliphatic carbocycles. The number of likely N-dealkylation sites (N-methyl/N-ethyl adjacent to an activating group) is 2. The van der Waals surface area contributed by atoms with Crippen LogP contribution in [0.15, 0.2) is 18.2 Å². The molecule has 0 aromatic heterocycles. The number of benzene rings is 1. The Morgan fingerprint density at radius 3 is 2.90 bits per heavy atom. The summed E-state index contributed by atoms with van der Waals surface area (Å²) in [5.41, 5.74) is 7.77. The van der Waals surface area contributed by atoms with Crippen LogP contribution < -0.4 is 10.6 Å². The fourth-order valence-electron chi connectivity index (χ4n) is 2.79. The van der Waals surface area contributed by atoms with Crippen molar-refractivity contribution < 1.29 is 9.53 Å². The van der Waals surface area contributed by atoms with E-state index in [1.54, 1.807) is 6.07 Å². The maximum atomic E-state index is 11.9. The highest BCUT2D eigenvalue weighted by molar-refractivity contribution is 5.97. The maximum Gasteiger partial charge on any atom is 0.340 e. The first-order chi connectivity index (χ1) is 9.52. The molecule has 0 bridgehead atoms. The molecule has 1 atom stereocenters. The van der Waals surface area contributed by atoms with Gasteiger partial charge in [-0.05, 0) is 44.6 Å². The summed E-state index contributed by atoms with van der Waals surface area (Å²) in [6.45, 7) is 2.14. The van der Waals surface area contributed by atoms with Crippen LogP contribution in [0.2, 0.25) is 0 Å². The van der Waals surface area contributed by atoms with Crippen molar-refractivity contribution in [3.05, 3.63) is 23.8 Å².